The van der Waals surface area contributed by atoms with Gasteiger partial charge in [-0.2, -0.15) is 0 Å². The van der Waals surface area contributed by atoms with Crippen LogP contribution in [0.2, 0.25) is 0 Å². The molecule has 34 heavy (non-hydrogen) atoms. The van der Waals surface area contributed by atoms with Crippen LogP contribution in [-0.2, 0) is 6.54 Å². The first-order valence-electron chi connectivity index (χ1n) is 11.2. The van der Waals surface area contributed by atoms with Crippen molar-refractivity contribution in [2.75, 3.05) is 38.2 Å². The smallest absolute Gasteiger partial charge is 0.231 e. The largest absolute Gasteiger partial charge is 0.507 e. The number of phenolic OH excluding ortho intramolecular Hbond substituents is 1. The lowest BCUT2D eigenvalue weighted by Crippen LogP contribution is -2.46. The van der Waals surface area contributed by atoms with Crippen molar-refractivity contribution in [2.24, 2.45) is 0 Å². The molecule has 1 N–H and O–H groups in total. The Morgan fingerprint density at radius 1 is 1.00 bits per heavy atom. The summed E-state index contributed by atoms with van der Waals surface area (Å²) in [6.45, 7) is 3.94. The first kappa shape index (κ1) is 22.5. The Kier molecular flexibility index (Phi) is 6.30. The summed E-state index contributed by atoms with van der Waals surface area (Å²) in [6.07, 6.45) is 1.74. The fourth-order valence-corrected chi connectivity index (χ4v) is 4.61. The van der Waals surface area contributed by atoms with Gasteiger partial charge in [0.25, 0.3) is 0 Å². The highest BCUT2D eigenvalue weighted by atomic mass is 79.9. The number of benzene rings is 3. The number of hydrogen-bond donors (Lipinski definition) is 1. The minimum atomic E-state index is -0.163. The molecule has 0 unspecified atom stereocenters. The maximum absolute atomic E-state index is 13.0. The van der Waals surface area contributed by atoms with Crippen LogP contribution in [0.15, 0.2) is 70.9 Å². The van der Waals surface area contributed by atoms with Crippen molar-refractivity contribution in [1.29, 1.82) is 0 Å². The second-order valence-electron chi connectivity index (χ2n) is 8.39. The van der Waals surface area contributed by atoms with E-state index < -0.39 is 0 Å². The number of ether oxygens (including phenoxy) is 2. The minimum Gasteiger partial charge on any atom is -0.507 e. The Morgan fingerprint density at radius 3 is 2.38 bits per heavy atom. The number of carbonyl (C=O) groups is 1. The minimum absolute atomic E-state index is 0.147. The molecule has 0 spiro atoms. The van der Waals surface area contributed by atoms with Gasteiger partial charge in [-0.3, -0.25) is 9.69 Å². The third-order valence-corrected chi connectivity index (χ3v) is 6.80. The van der Waals surface area contributed by atoms with Crippen LogP contribution in [0.3, 0.4) is 0 Å². The van der Waals surface area contributed by atoms with E-state index in [2.05, 4.69) is 37.9 Å². The molecule has 5 rings (SSSR count). The molecule has 3 aromatic carbocycles. The summed E-state index contributed by atoms with van der Waals surface area (Å²) in [6, 6.07) is 19.0. The van der Waals surface area contributed by atoms with Crippen LogP contribution in [0.25, 0.3) is 6.08 Å². The Morgan fingerprint density at radius 2 is 1.71 bits per heavy atom. The molecule has 1 saturated heterocycles. The molecule has 0 aliphatic carbocycles. The first-order valence-corrected chi connectivity index (χ1v) is 12.0. The normalized spacial score (nSPS) is 17.1. The van der Waals surface area contributed by atoms with Crippen molar-refractivity contribution in [3.63, 3.8) is 0 Å². The first-order chi connectivity index (χ1) is 16.5. The maximum atomic E-state index is 13.0. The fraction of sp³-hybridized carbons (Fsp3) is 0.222. The predicted octanol–water partition coefficient (Wildman–Crippen LogP) is 5.10. The van der Waals surface area contributed by atoms with Crippen LogP contribution in [0.4, 0.5) is 5.69 Å². The number of fused-ring (bicyclic) bond motifs is 1. The van der Waals surface area contributed by atoms with Crippen molar-refractivity contribution < 1.29 is 19.4 Å². The summed E-state index contributed by atoms with van der Waals surface area (Å²) >= 11 is 3.42. The van der Waals surface area contributed by atoms with Gasteiger partial charge in [-0.05, 0) is 60.2 Å². The maximum Gasteiger partial charge on any atom is 0.231 e. The average Bonchev–Trinajstić information content (AvgIpc) is 3.18. The van der Waals surface area contributed by atoms with Crippen LogP contribution < -0.4 is 14.4 Å². The van der Waals surface area contributed by atoms with Gasteiger partial charge in [0.1, 0.15) is 17.2 Å². The zero-order valence-corrected chi connectivity index (χ0v) is 20.4. The van der Waals surface area contributed by atoms with E-state index in [4.69, 9.17) is 9.47 Å². The van der Waals surface area contributed by atoms with E-state index in [1.807, 2.05) is 36.4 Å². The third kappa shape index (κ3) is 4.54. The molecular formula is C27H25BrN2O4. The fourth-order valence-electron chi connectivity index (χ4n) is 4.34. The number of ketones is 1. The van der Waals surface area contributed by atoms with E-state index in [0.29, 0.717) is 23.4 Å². The van der Waals surface area contributed by atoms with Gasteiger partial charge in [-0.1, -0.05) is 28.1 Å². The van der Waals surface area contributed by atoms with Gasteiger partial charge in [0, 0.05) is 42.9 Å². The highest BCUT2D eigenvalue weighted by Gasteiger charge is 2.32. The summed E-state index contributed by atoms with van der Waals surface area (Å²) in [5, 5.41) is 10.6. The Labute approximate surface area is 207 Å². The summed E-state index contributed by atoms with van der Waals surface area (Å²) in [5.74, 6) is 1.57. The number of rotatable bonds is 5. The second-order valence-corrected chi connectivity index (χ2v) is 9.31. The lowest BCUT2D eigenvalue weighted by molar-refractivity contribution is 0.101. The second kappa shape index (κ2) is 9.52. The number of carbonyl (C=O) groups excluding carboxylic acids is 1. The molecule has 0 bridgehead atoms. The zero-order valence-electron chi connectivity index (χ0n) is 18.8. The Balaban J connectivity index is 1.30. The highest BCUT2D eigenvalue weighted by Crippen LogP contribution is 2.40. The van der Waals surface area contributed by atoms with Gasteiger partial charge < -0.3 is 19.5 Å². The van der Waals surface area contributed by atoms with E-state index in [1.54, 1.807) is 25.3 Å². The summed E-state index contributed by atoms with van der Waals surface area (Å²) < 4.78 is 12.2. The van der Waals surface area contributed by atoms with Gasteiger partial charge in [-0.15, -0.1) is 0 Å². The molecule has 0 radical (unpaired) electrons. The molecule has 1 fully saturated rings. The van der Waals surface area contributed by atoms with Crippen molar-refractivity contribution in [3.8, 4) is 17.2 Å². The van der Waals surface area contributed by atoms with E-state index >= 15 is 0 Å². The molecule has 2 heterocycles. The Hall–Kier alpha value is -3.29. The number of nitrogens with zero attached hydrogens (tertiary/aromatic N) is 2. The van der Waals surface area contributed by atoms with Gasteiger partial charge >= 0.3 is 0 Å². The van der Waals surface area contributed by atoms with Crippen LogP contribution in [0.5, 0.6) is 17.2 Å². The average molecular weight is 521 g/mol. The topological polar surface area (TPSA) is 62.2 Å². The standard InChI is InChI=1S/C27H25BrN2O4/c1-33-21-8-6-20(7-9-21)30-14-12-29(13-15-30)17-23-24(31)11-10-22-26(32)25(34-27(22)23)16-18-2-4-19(28)5-3-18/h2-11,16,31H,12-15,17H2,1H3/b25-16-. The SMILES string of the molecule is COc1ccc(N2CCN(Cc3c(O)ccc4c3O/C(=C\c3ccc(Br)cc3)C4=O)CC2)cc1. The van der Waals surface area contributed by atoms with E-state index in [0.717, 1.165) is 42.0 Å². The molecule has 0 atom stereocenters. The molecule has 0 aromatic heterocycles. The lowest BCUT2D eigenvalue weighted by atomic mass is 10.0. The van der Waals surface area contributed by atoms with Crippen LogP contribution in [0, 0.1) is 0 Å². The number of Topliss-reactive ketones (excluding diaryl/α,β-unsaturated/α-hetero) is 1. The van der Waals surface area contributed by atoms with Crippen molar-refractivity contribution in [3.05, 3.63) is 87.6 Å². The molecule has 6 nitrogen and oxygen atoms in total. The van der Waals surface area contributed by atoms with Gasteiger partial charge in [0.15, 0.2) is 5.76 Å². The zero-order chi connectivity index (χ0) is 23.7. The molecule has 0 saturated carbocycles. The Bertz CT molecular complexity index is 1230. The third-order valence-electron chi connectivity index (χ3n) is 6.28. The molecule has 2 aliphatic rings. The number of allylic oxidation sites excluding steroid dienone is 1. The van der Waals surface area contributed by atoms with Crippen molar-refractivity contribution in [1.82, 2.24) is 4.90 Å². The van der Waals surface area contributed by atoms with Crippen LogP contribution >= 0.6 is 15.9 Å². The van der Waals surface area contributed by atoms with E-state index in [9.17, 15) is 9.90 Å². The molecule has 174 valence electrons. The van der Waals surface area contributed by atoms with Gasteiger partial charge in [0.2, 0.25) is 5.78 Å². The van der Waals surface area contributed by atoms with Crippen molar-refractivity contribution in [2.45, 2.75) is 6.54 Å². The highest BCUT2D eigenvalue weighted by molar-refractivity contribution is 9.10. The summed E-state index contributed by atoms with van der Waals surface area (Å²) in [7, 11) is 1.67. The van der Waals surface area contributed by atoms with Gasteiger partial charge in [0.05, 0.1) is 18.2 Å². The summed E-state index contributed by atoms with van der Waals surface area (Å²) in [5.41, 5.74) is 3.19. The number of aromatic hydroxyl groups is 1. The number of halogens is 1. The van der Waals surface area contributed by atoms with Gasteiger partial charge in [-0.25, -0.2) is 0 Å². The number of phenols is 1. The van der Waals surface area contributed by atoms with E-state index in [-0.39, 0.29) is 17.3 Å². The lowest BCUT2D eigenvalue weighted by Gasteiger charge is -2.36. The van der Waals surface area contributed by atoms with Crippen LogP contribution in [-0.4, -0.2) is 49.1 Å². The molecule has 0 amide bonds. The molecule has 2 aliphatic heterocycles. The van der Waals surface area contributed by atoms with Crippen molar-refractivity contribution >= 4 is 33.5 Å². The number of hydrogen-bond acceptors (Lipinski definition) is 6. The quantitative estimate of drug-likeness (QED) is 0.472. The summed E-state index contributed by atoms with van der Waals surface area (Å²) in [4.78, 5) is 17.6. The molecular weight excluding hydrogens is 496 g/mol. The van der Waals surface area contributed by atoms with E-state index in [1.165, 1.54) is 5.69 Å². The monoisotopic (exact) mass is 520 g/mol. The molecule has 7 heteroatoms. The number of piperazine rings is 1. The number of anilines is 1. The number of methoxy groups -OCH3 is 1. The molecule has 3 aromatic rings. The van der Waals surface area contributed by atoms with Crippen LogP contribution in [0.1, 0.15) is 21.5 Å². The predicted molar refractivity (Wildman–Crippen MR) is 136 cm³/mol.